The minimum atomic E-state index is -0.431. The normalized spacial score (nSPS) is 11.0. The molecule has 0 saturated carbocycles. The van der Waals surface area contributed by atoms with Gasteiger partial charge in [-0.25, -0.2) is 9.37 Å². The molecule has 1 aromatic heterocycles. The third-order valence-electron chi connectivity index (χ3n) is 3.88. The Labute approximate surface area is 149 Å². The summed E-state index contributed by atoms with van der Waals surface area (Å²) in [5.74, 6) is 0.390. The number of H-pyrrole nitrogens is 1. The van der Waals surface area contributed by atoms with E-state index >= 15 is 0 Å². The van der Waals surface area contributed by atoms with Crippen LogP contribution in [-0.4, -0.2) is 9.97 Å². The molecule has 1 heterocycles. The molecule has 4 aromatic rings. The van der Waals surface area contributed by atoms with E-state index in [-0.39, 0.29) is 12.4 Å². The Hall–Kier alpha value is -2.85. The van der Waals surface area contributed by atoms with E-state index in [1.807, 2.05) is 36.4 Å². The molecular formula is C20H14ClFN2O. The van der Waals surface area contributed by atoms with Gasteiger partial charge in [-0.3, -0.25) is 0 Å². The van der Waals surface area contributed by atoms with Gasteiger partial charge in [0, 0.05) is 10.6 Å². The minimum Gasteiger partial charge on any atom is -0.486 e. The van der Waals surface area contributed by atoms with Crippen LogP contribution in [0.3, 0.4) is 0 Å². The molecule has 0 spiro atoms. The summed E-state index contributed by atoms with van der Waals surface area (Å²) in [5.41, 5.74) is 3.32. The monoisotopic (exact) mass is 352 g/mol. The van der Waals surface area contributed by atoms with Gasteiger partial charge in [-0.15, -0.1) is 0 Å². The first-order valence-corrected chi connectivity index (χ1v) is 8.19. The Kier molecular flexibility index (Phi) is 4.12. The summed E-state index contributed by atoms with van der Waals surface area (Å²) in [4.78, 5) is 7.67. The van der Waals surface area contributed by atoms with Crippen molar-refractivity contribution in [3.05, 3.63) is 83.1 Å². The van der Waals surface area contributed by atoms with Crippen LogP contribution in [0, 0.1) is 5.82 Å². The first-order valence-electron chi connectivity index (χ1n) is 7.81. The van der Waals surface area contributed by atoms with Gasteiger partial charge in [0.25, 0.3) is 0 Å². The molecule has 5 heteroatoms. The molecule has 0 unspecified atom stereocenters. The summed E-state index contributed by atoms with van der Waals surface area (Å²) in [7, 11) is 0. The molecule has 4 rings (SSSR count). The average Bonchev–Trinajstić information content (AvgIpc) is 3.05. The number of nitrogens with zero attached hydrogens (tertiary/aromatic N) is 1. The Morgan fingerprint density at radius 1 is 1.00 bits per heavy atom. The van der Waals surface area contributed by atoms with E-state index in [1.165, 1.54) is 6.07 Å². The maximum absolute atomic E-state index is 14.4. The molecule has 1 N–H and O–H groups in total. The fourth-order valence-corrected chi connectivity index (χ4v) is 2.86. The number of hydrogen-bond acceptors (Lipinski definition) is 2. The molecule has 3 nitrogen and oxygen atoms in total. The number of imidazole rings is 1. The predicted octanol–water partition coefficient (Wildman–Crippen LogP) is 5.60. The summed E-state index contributed by atoms with van der Waals surface area (Å²) in [6, 6.07) is 19.8. The molecule has 3 aromatic carbocycles. The molecule has 0 saturated heterocycles. The number of hydrogen-bond donors (Lipinski definition) is 1. The van der Waals surface area contributed by atoms with Gasteiger partial charge in [0.1, 0.15) is 12.4 Å². The molecule has 0 bridgehead atoms. The second kappa shape index (κ2) is 6.57. The number of rotatable bonds is 4. The maximum Gasteiger partial charge on any atom is 0.165 e. The van der Waals surface area contributed by atoms with Crippen molar-refractivity contribution in [2.75, 3.05) is 0 Å². The van der Waals surface area contributed by atoms with Crippen LogP contribution in [0.4, 0.5) is 4.39 Å². The van der Waals surface area contributed by atoms with Gasteiger partial charge in [0.2, 0.25) is 0 Å². The third kappa shape index (κ3) is 3.35. The highest BCUT2D eigenvalue weighted by molar-refractivity contribution is 6.30. The lowest BCUT2D eigenvalue weighted by Gasteiger charge is -2.08. The van der Waals surface area contributed by atoms with Gasteiger partial charge in [0.05, 0.1) is 11.0 Å². The summed E-state index contributed by atoms with van der Waals surface area (Å²) in [5, 5.41) is 0.627. The molecule has 0 amide bonds. The topological polar surface area (TPSA) is 37.9 Å². The number of para-hydroxylation sites is 2. The lowest BCUT2D eigenvalue weighted by Crippen LogP contribution is -1.97. The number of ether oxygens (including phenoxy) is 1. The van der Waals surface area contributed by atoms with Gasteiger partial charge in [-0.05, 0) is 48.0 Å². The number of halogens is 2. The Morgan fingerprint density at radius 2 is 1.88 bits per heavy atom. The van der Waals surface area contributed by atoms with Crippen molar-refractivity contribution in [3.8, 4) is 17.1 Å². The van der Waals surface area contributed by atoms with Gasteiger partial charge in [-0.1, -0.05) is 35.9 Å². The lowest BCUT2D eigenvalue weighted by atomic mass is 10.2. The number of aromatic nitrogens is 2. The largest absolute Gasteiger partial charge is 0.486 e. The highest BCUT2D eigenvalue weighted by Crippen LogP contribution is 2.26. The van der Waals surface area contributed by atoms with Crippen LogP contribution in [-0.2, 0) is 6.61 Å². The number of nitrogens with one attached hydrogen (secondary N) is 1. The SMILES string of the molecule is Fc1cc(-c2nc3ccccc3[nH]2)ccc1OCc1cccc(Cl)c1. The molecule has 0 radical (unpaired) electrons. The Bertz CT molecular complexity index is 1010. The van der Waals surface area contributed by atoms with E-state index in [2.05, 4.69) is 9.97 Å². The first kappa shape index (κ1) is 15.7. The molecule has 25 heavy (non-hydrogen) atoms. The fraction of sp³-hybridized carbons (Fsp3) is 0.0500. The lowest BCUT2D eigenvalue weighted by molar-refractivity contribution is 0.290. The van der Waals surface area contributed by atoms with E-state index < -0.39 is 5.82 Å². The standard InChI is InChI=1S/C20H14ClFN2O/c21-15-5-3-4-13(10-15)12-25-19-9-8-14(11-16(19)22)20-23-17-6-1-2-7-18(17)24-20/h1-11H,12H2,(H,23,24). The minimum absolute atomic E-state index is 0.194. The highest BCUT2D eigenvalue weighted by atomic mass is 35.5. The molecular weight excluding hydrogens is 339 g/mol. The maximum atomic E-state index is 14.4. The number of aromatic amines is 1. The van der Waals surface area contributed by atoms with Crippen molar-refractivity contribution < 1.29 is 9.13 Å². The fourth-order valence-electron chi connectivity index (χ4n) is 2.64. The summed E-state index contributed by atoms with van der Waals surface area (Å²) in [6.45, 7) is 0.251. The number of fused-ring (bicyclic) bond motifs is 1. The van der Waals surface area contributed by atoms with Crippen LogP contribution in [0.1, 0.15) is 5.56 Å². The van der Waals surface area contributed by atoms with Crippen molar-refractivity contribution in [2.24, 2.45) is 0 Å². The molecule has 0 aliphatic carbocycles. The summed E-state index contributed by atoms with van der Waals surface area (Å²) in [6.07, 6.45) is 0. The van der Waals surface area contributed by atoms with Crippen LogP contribution in [0.2, 0.25) is 5.02 Å². The molecule has 0 atom stereocenters. The summed E-state index contributed by atoms with van der Waals surface area (Å²) >= 11 is 5.94. The van der Waals surface area contributed by atoms with Crippen LogP contribution in [0.5, 0.6) is 5.75 Å². The Morgan fingerprint density at radius 3 is 2.68 bits per heavy atom. The highest BCUT2D eigenvalue weighted by Gasteiger charge is 2.10. The first-order chi connectivity index (χ1) is 12.2. The molecule has 0 aliphatic rings. The van der Waals surface area contributed by atoms with Crippen molar-refractivity contribution in [2.45, 2.75) is 6.61 Å². The van der Waals surface area contributed by atoms with Crippen molar-refractivity contribution in [3.63, 3.8) is 0 Å². The second-order valence-corrected chi connectivity index (χ2v) is 6.10. The van der Waals surface area contributed by atoms with E-state index in [0.717, 1.165) is 16.6 Å². The third-order valence-corrected chi connectivity index (χ3v) is 4.11. The smallest absolute Gasteiger partial charge is 0.165 e. The zero-order chi connectivity index (χ0) is 17.2. The van der Waals surface area contributed by atoms with E-state index in [1.54, 1.807) is 24.3 Å². The van der Waals surface area contributed by atoms with E-state index in [0.29, 0.717) is 16.4 Å². The summed E-state index contributed by atoms with van der Waals surface area (Å²) < 4.78 is 19.9. The zero-order valence-corrected chi connectivity index (χ0v) is 13.9. The van der Waals surface area contributed by atoms with Gasteiger partial charge >= 0.3 is 0 Å². The molecule has 0 aliphatic heterocycles. The van der Waals surface area contributed by atoms with E-state index in [9.17, 15) is 4.39 Å². The van der Waals surface area contributed by atoms with Gasteiger partial charge < -0.3 is 9.72 Å². The van der Waals surface area contributed by atoms with Gasteiger partial charge in [-0.2, -0.15) is 0 Å². The Balaban J connectivity index is 1.56. The van der Waals surface area contributed by atoms with Crippen molar-refractivity contribution in [1.82, 2.24) is 9.97 Å². The second-order valence-electron chi connectivity index (χ2n) is 5.67. The van der Waals surface area contributed by atoms with Crippen molar-refractivity contribution >= 4 is 22.6 Å². The quantitative estimate of drug-likeness (QED) is 0.519. The van der Waals surface area contributed by atoms with Crippen LogP contribution >= 0.6 is 11.6 Å². The zero-order valence-electron chi connectivity index (χ0n) is 13.2. The van der Waals surface area contributed by atoms with Crippen LogP contribution in [0.15, 0.2) is 66.7 Å². The van der Waals surface area contributed by atoms with Crippen LogP contribution in [0.25, 0.3) is 22.4 Å². The van der Waals surface area contributed by atoms with Crippen LogP contribution < -0.4 is 4.74 Å². The van der Waals surface area contributed by atoms with Crippen molar-refractivity contribution in [1.29, 1.82) is 0 Å². The predicted molar refractivity (Wildman–Crippen MR) is 97.3 cm³/mol. The number of benzene rings is 3. The molecule has 124 valence electrons. The average molecular weight is 353 g/mol. The van der Waals surface area contributed by atoms with E-state index in [4.69, 9.17) is 16.3 Å². The van der Waals surface area contributed by atoms with Gasteiger partial charge in [0.15, 0.2) is 11.6 Å². The molecule has 0 fully saturated rings.